The Bertz CT molecular complexity index is 527. The van der Waals surface area contributed by atoms with E-state index in [4.69, 9.17) is 4.52 Å². The Hall–Kier alpha value is -1.85. The lowest BCUT2D eigenvalue weighted by molar-refractivity contribution is -0.137. The molecule has 122 valence electrons. The minimum atomic E-state index is -0.425. The normalized spacial score (nSPS) is 16.5. The molecule has 2 amide bonds. The monoisotopic (exact) mass is 307 g/mol. The summed E-state index contributed by atoms with van der Waals surface area (Å²) in [6.07, 6.45) is 4.24. The molecular weight excluding hydrogens is 282 g/mol. The second-order valence-corrected chi connectivity index (χ2v) is 6.22. The topological polar surface area (TPSA) is 75.4 Å². The molecule has 0 spiro atoms. The fourth-order valence-electron chi connectivity index (χ4n) is 3.17. The first-order valence-electron chi connectivity index (χ1n) is 7.84. The molecule has 1 aliphatic carbocycles. The van der Waals surface area contributed by atoms with Crippen molar-refractivity contribution in [2.24, 2.45) is 5.92 Å². The highest BCUT2D eigenvalue weighted by Gasteiger charge is 2.33. The predicted molar refractivity (Wildman–Crippen MR) is 82.0 cm³/mol. The van der Waals surface area contributed by atoms with Crippen LogP contribution in [0.5, 0.6) is 0 Å². The summed E-state index contributed by atoms with van der Waals surface area (Å²) in [7, 11) is 1.76. The third-order valence-electron chi connectivity index (χ3n) is 4.45. The van der Waals surface area contributed by atoms with E-state index in [9.17, 15) is 9.59 Å². The van der Waals surface area contributed by atoms with E-state index in [-0.39, 0.29) is 17.7 Å². The van der Waals surface area contributed by atoms with Crippen LogP contribution in [0.3, 0.4) is 0 Å². The Morgan fingerprint density at radius 3 is 2.50 bits per heavy atom. The van der Waals surface area contributed by atoms with Crippen molar-refractivity contribution in [3.63, 3.8) is 0 Å². The highest BCUT2D eigenvalue weighted by molar-refractivity contribution is 5.87. The summed E-state index contributed by atoms with van der Waals surface area (Å²) in [5.74, 6) is 0.774. The van der Waals surface area contributed by atoms with Gasteiger partial charge < -0.3 is 14.7 Å². The van der Waals surface area contributed by atoms with Crippen LogP contribution in [0, 0.1) is 19.8 Å². The number of aromatic nitrogens is 1. The first kappa shape index (κ1) is 16.5. The van der Waals surface area contributed by atoms with Gasteiger partial charge in [0.25, 0.3) is 0 Å². The van der Waals surface area contributed by atoms with E-state index in [0.29, 0.717) is 6.54 Å². The molecule has 0 bridgehead atoms. The molecule has 6 nitrogen and oxygen atoms in total. The first-order chi connectivity index (χ1) is 10.4. The van der Waals surface area contributed by atoms with Gasteiger partial charge in [-0.1, -0.05) is 18.0 Å². The Morgan fingerprint density at radius 1 is 1.36 bits per heavy atom. The van der Waals surface area contributed by atoms with E-state index in [2.05, 4.69) is 10.5 Å². The van der Waals surface area contributed by atoms with Gasteiger partial charge in [0.2, 0.25) is 11.8 Å². The highest BCUT2D eigenvalue weighted by atomic mass is 16.5. The lowest BCUT2D eigenvalue weighted by atomic mass is 9.96. The van der Waals surface area contributed by atoms with E-state index in [1.165, 1.54) is 6.92 Å². The van der Waals surface area contributed by atoms with Crippen LogP contribution < -0.4 is 5.32 Å². The number of amides is 2. The molecule has 0 aliphatic heterocycles. The van der Waals surface area contributed by atoms with E-state index in [0.717, 1.165) is 42.7 Å². The van der Waals surface area contributed by atoms with Crippen molar-refractivity contribution in [3.05, 3.63) is 17.0 Å². The van der Waals surface area contributed by atoms with Crippen LogP contribution >= 0.6 is 0 Å². The molecule has 1 N–H and O–H groups in total. The van der Waals surface area contributed by atoms with Gasteiger partial charge in [-0.15, -0.1) is 0 Å². The van der Waals surface area contributed by atoms with Gasteiger partial charge in [-0.05, 0) is 32.6 Å². The molecule has 0 saturated heterocycles. The number of nitrogens with one attached hydrogen (secondary N) is 1. The maximum Gasteiger partial charge on any atom is 0.245 e. The molecule has 0 radical (unpaired) electrons. The van der Waals surface area contributed by atoms with Crippen molar-refractivity contribution in [2.45, 2.75) is 59.0 Å². The van der Waals surface area contributed by atoms with Gasteiger partial charge in [0.1, 0.15) is 11.8 Å². The van der Waals surface area contributed by atoms with Crippen molar-refractivity contribution in [3.8, 4) is 0 Å². The van der Waals surface area contributed by atoms with Crippen molar-refractivity contribution < 1.29 is 14.1 Å². The third kappa shape index (κ3) is 3.67. The quantitative estimate of drug-likeness (QED) is 0.902. The summed E-state index contributed by atoms with van der Waals surface area (Å²) >= 11 is 0. The van der Waals surface area contributed by atoms with Crippen LogP contribution in [0.15, 0.2) is 4.52 Å². The molecule has 0 aromatic carbocycles. The maximum atomic E-state index is 12.8. The smallest absolute Gasteiger partial charge is 0.245 e. The number of carbonyl (C=O) groups is 2. The molecule has 6 heteroatoms. The number of nitrogens with zero attached hydrogens (tertiary/aromatic N) is 2. The molecular formula is C16H25N3O3. The van der Waals surface area contributed by atoms with Gasteiger partial charge in [0.05, 0.1) is 12.2 Å². The Labute approximate surface area is 131 Å². The number of hydrogen-bond donors (Lipinski definition) is 1. The average molecular weight is 307 g/mol. The van der Waals surface area contributed by atoms with Gasteiger partial charge in [-0.3, -0.25) is 9.59 Å². The Balaban J connectivity index is 2.09. The standard InChI is InChI=1S/C16H25N3O3/c1-10-14(11(2)22-18-10)9-19(4)16(21)15(17-12(3)20)13-7-5-6-8-13/h13,15H,5-9H2,1-4H3,(H,17,20)/t15-/m1/s1. The van der Waals surface area contributed by atoms with E-state index in [1.54, 1.807) is 11.9 Å². The Kier molecular flexibility index (Phi) is 5.21. The van der Waals surface area contributed by atoms with Gasteiger partial charge in [-0.2, -0.15) is 0 Å². The van der Waals surface area contributed by atoms with Gasteiger partial charge in [-0.25, -0.2) is 0 Å². The molecule has 0 unspecified atom stereocenters. The SMILES string of the molecule is CC(=O)N[C@@H](C(=O)N(C)Cc1c(C)noc1C)C1CCCC1. The summed E-state index contributed by atoms with van der Waals surface area (Å²) in [4.78, 5) is 25.9. The zero-order valence-electron chi connectivity index (χ0n) is 13.8. The number of hydrogen-bond acceptors (Lipinski definition) is 4. The molecule has 1 saturated carbocycles. The van der Waals surface area contributed by atoms with Gasteiger partial charge in [0, 0.05) is 19.5 Å². The first-order valence-corrected chi connectivity index (χ1v) is 7.84. The summed E-state index contributed by atoms with van der Waals surface area (Å²) in [6, 6.07) is -0.425. The zero-order chi connectivity index (χ0) is 16.3. The second kappa shape index (κ2) is 6.94. The lowest BCUT2D eigenvalue weighted by Gasteiger charge is -2.28. The number of aryl methyl sites for hydroxylation is 2. The summed E-state index contributed by atoms with van der Waals surface area (Å²) in [6.45, 7) is 5.62. The van der Waals surface area contributed by atoms with Crippen molar-refractivity contribution in [1.82, 2.24) is 15.4 Å². The largest absolute Gasteiger partial charge is 0.361 e. The third-order valence-corrected chi connectivity index (χ3v) is 4.45. The molecule has 1 aliphatic rings. The highest BCUT2D eigenvalue weighted by Crippen LogP contribution is 2.29. The van der Waals surface area contributed by atoms with Crippen LogP contribution in [0.25, 0.3) is 0 Å². The van der Waals surface area contributed by atoms with Crippen molar-refractivity contribution in [2.75, 3.05) is 7.05 Å². The molecule has 1 aromatic heterocycles. The Morgan fingerprint density at radius 2 is 2.00 bits per heavy atom. The lowest BCUT2D eigenvalue weighted by Crippen LogP contribution is -2.50. The average Bonchev–Trinajstić information content (AvgIpc) is 3.09. The number of likely N-dealkylation sites (N-methyl/N-ethyl adjacent to an activating group) is 1. The summed E-state index contributed by atoms with van der Waals surface area (Å²) in [5, 5.41) is 6.76. The molecule has 1 aromatic rings. The minimum absolute atomic E-state index is 0.0397. The predicted octanol–water partition coefficient (Wildman–Crippen LogP) is 1.94. The van der Waals surface area contributed by atoms with E-state index >= 15 is 0 Å². The van der Waals surface area contributed by atoms with Crippen LogP contribution in [0.4, 0.5) is 0 Å². The molecule has 1 heterocycles. The fraction of sp³-hybridized carbons (Fsp3) is 0.688. The molecule has 1 atom stereocenters. The molecule has 2 rings (SSSR count). The van der Waals surface area contributed by atoms with Crippen molar-refractivity contribution in [1.29, 1.82) is 0 Å². The minimum Gasteiger partial charge on any atom is -0.361 e. The van der Waals surface area contributed by atoms with Gasteiger partial charge >= 0.3 is 0 Å². The zero-order valence-corrected chi connectivity index (χ0v) is 13.8. The molecule has 1 fully saturated rings. The van der Waals surface area contributed by atoms with Crippen molar-refractivity contribution >= 4 is 11.8 Å². The van der Waals surface area contributed by atoms with E-state index < -0.39 is 6.04 Å². The van der Waals surface area contributed by atoms with E-state index in [1.807, 2.05) is 13.8 Å². The second-order valence-electron chi connectivity index (χ2n) is 6.22. The van der Waals surface area contributed by atoms with Crippen LogP contribution in [-0.2, 0) is 16.1 Å². The fourth-order valence-corrected chi connectivity index (χ4v) is 3.17. The van der Waals surface area contributed by atoms with Crippen LogP contribution in [0.2, 0.25) is 0 Å². The van der Waals surface area contributed by atoms with Crippen LogP contribution in [-0.4, -0.2) is 35.0 Å². The van der Waals surface area contributed by atoms with Crippen LogP contribution in [0.1, 0.15) is 49.6 Å². The molecule has 22 heavy (non-hydrogen) atoms. The maximum absolute atomic E-state index is 12.8. The van der Waals surface area contributed by atoms with Gasteiger partial charge in [0.15, 0.2) is 0 Å². The summed E-state index contributed by atoms with van der Waals surface area (Å²) in [5.41, 5.74) is 1.73. The number of rotatable bonds is 5. The summed E-state index contributed by atoms with van der Waals surface area (Å²) < 4.78 is 5.14. The number of carbonyl (C=O) groups excluding carboxylic acids is 2.